The van der Waals surface area contributed by atoms with Crippen LogP contribution in [0.3, 0.4) is 0 Å². The number of carbonyl (C=O) groups is 1. The van der Waals surface area contributed by atoms with Gasteiger partial charge < -0.3 is 29.6 Å². The first kappa shape index (κ1) is 33.5. The lowest BCUT2D eigenvalue weighted by atomic mass is 9.96. The molecule has 5 rings (SSSR count). The van der Waals surface area contributed by atoms with Crippen molar-refractivity contribution < 1.29 is 46.5 Å². The molecule has 3 heterocycles. The average molecular weight is 665 g/mol. The van der Waals surface area contributed by atoms with Crippen LogP contribution in [0.1, 0.15) is 52.2 Å². The highest BCUT2D eigenvalue weighted by molar-refractivity contribution is 7.52. The molecule has 6 atom stereocenters. The Bertz CT molecular complexity index is 1640. The van der Waals surface area contributed by atoms with Gasteiger partial charge in [-0.3, -0.25) is 13.9 Å². The number of nitrogens with two attached hydrogens (primary N) is 1. The van der Waals surface area contributed by atoms with Gasteiger partial charge in [-0.05, 0) is 51.7 Å². The number of terminal acetylenes is 1. The number of rotatable bonds is 12. The SMILES string of the molecule is C#C[C@]1(F)C(n2cnc3c(OCC)nc(N)nc32)O[C@](F)(CO[P@@](=O)(NC(C)C(=O)OC2CCCCC2)Oc2ccccc2)[C@H]1O. The Morgan fingerprint density at radius 3 is 2.67 bits per heavy atom. The molecule has 1 aliphatic carbocycles. The van der Waals surface area contributed by atoms with Gasteiger partial charge in [0.25, 0.3) is 5.85 Å². The smallest absolute Gasteiger partial charge is 0.459 e. The van der Waals surface area contributed by atoms with Crippen LogP contribution >= 0.6 is 7.75 Å². The maximum absolute atomic E-state index is 16.4. The number of aliphatic hydroxyl groups excluding tert-OH is 1. The topological polar surface area (TPSA) is 182 Å². The molecular formula is C29H35F2N6O8P. The van der Waals surface area contributed by atoms with E-state index in [0.717, 1.165) is 30.2 Å². The zero-order valence-electron chi connectivity index (χ0n) is 25.2. The fraction of sp³-hybridized carbons (Fsp3) is 0.517. The van der Waals surface area contributed by atoms with Crippen LogP contribution in [-0.2, 0) is 23.4 Å². The summed E-state index contributed by atoms with van der Waals surface area (Å²) in [6.45, 7) is 1.90. The Labute approximate surface area is 263 Å². The second-order valence-corrected chi connectivity index (χ2v) is 12.6. The zero-order chi connectivity index (χ0) is 33.1. The van der Waals surface area contributed by atoms with Crippen LogP contribution in [0.25, 0.3) is 11.2 Å². The van der Waals surface area contributed by atoms with E-state index >= 15 is 8.78 Å². The Morgan fingerprint density at radius 2 is 2.00 bits per heavy atom. The van der Waals surface area contributed by atoms with Crippen molar-refractivity contribution in [1.82, 2.24) is 24.6 Å². The second-order valence-electron chi connectivity index (χ2n) is 10.9. The molecule has 0 spiro atoms. The third-order valence-corrected chi connectivity index (χ3v) is 9.20. The predicted molar refractivity (Wildman–Crippen MR) is 160 cm³/mol. The van der Waals surface area contributed by atoms with E-state index in [4.69, 9.17) is 35.4 Å². The van der Waals surface area contributed by atoms with Gasteiger partial charge in [-0.25, -0.2) is 18.3 Å². The highest BCUT2D eigenvalue weighted by atomic mass is 31.2. The number of nitrogens with zero attached hydrogens (tertiary/aromatic N) is 4. The summed E-state index contributed by atoms with van der Waals surface area (Å²) in [5.74, 6) is -2.62. The number of imidazole rings is 1. The number of hydrogen-bond donors (Lipinski definition) is 3. The summed E-state index contributed by atoms with van der Waals surface area (Å²) in [5.41, 5.74) is 2.49. The molecule has 46 heavy (non-hydrogen) atoms. The lowest BCUT2D eigenvalue weighted by molar-refractivity contribution is -0.202. The number of carbonyl (C=O) groups excluding carboxylic acids is 1. The number of alkyl halides is 2. The Morgan fingerprint density at radius 1 is 1.28 bits per heavy atom. The number of hydrogen-bond acceptors (Lipinski definition) is 12. The fourth-order valence-electron chi connectivity index (χ4n) is 5.24. The van der Waals surface area contributed by atoms with E-state index in [0.29, 0.717) is 12.8 Å². The molecule has 2 aromatic heterocycles. The van der Waals surface area contributed by atoms with Gasteiger partial charge in [0.1, 0.15) is 24.5 Å². The summed E-state index contributed by atoms with van der Waals surface area (Å²) in [4.78, 5) is 24.9. The predicted octanol–water partition coefficient (Wildman–Crippen LogP) is 3.76. The molecule has 2 fully saturated rings. The number of halogens is 2. The van der Waals surface area contributed by atoms with Crippen LogP contribution in [0, 0.1) is 12.3 Å². The monoisotopic (exact) mass is 664 g/mol. The molecule has 2 aliphatic rings. The van der Waals surface area contributed by atoms with E-state index in [1.807, 2.05) is 0 Å². The molecule has 1 aromatic carbocycles. The normalized spacial score (nSPS) is 27.0. The number of aromatic nitrogens is 4. The van der Waals surface area contributed by atoms with E-state index in [1.165, 1.54) is 19.1 Å². The number of esters is 1. The van der Waals surface area contributed by atoms with Crippen molar-refractivity contribution in [3.05, 3.63) is 36.7 Å². The minimum Gasteiger partial charge on any atom is -0.476 e. The Kier molecular flexibility index (Phi) is 9.81. The van der Waals surface area contributed by atoms with Crippen LogP contribution in [0.5, 0.6) is 11.6 Å². The number of fused-ring (bicyclic) bond motifs is 1. The van der Waals surface area contributed by atoms with Crippen molar-refractivity contribution >= 4 is 30.8 Å². The van der Waals surface area contributed by atoms with E-state index < -0.39 is 50.2 Å². The van der Waals surface area contributed by atoms with Crippen LogP contribution in [0.2, 0.25) is 0 Å². The molecule has 14 nitrogen and oxygen atoms in total. The molecule has 3 aromatic rings. The summed E-state index contributed by atoms with van der Waals surface area (Å²) >= 11 is 0. The van der Waals surface area contributed by atoms with E-state index in [9.17, 15) is 14.5 Å². The minimum atomic E-state index is -4.65. The highest BCUT2D eigenvalue weighted by Crippen LogP contribution is 2.52. The molecule has 1 saturated carbocycles. The van der Waals surface area contributed by atoms with Crippen molar-refractivity contribution in [1.29, 1.82) is 0 Å². The summed E-state index contributed by atoms with van der Waals surface area (Å²) in [7, 11) is -4.65. The number of nitrogens with one attached hydrogen (secondary N) is 1. The molecule has 1 saturated heterocycles. The molecule has 2 unspecified atom stereocenters. The highest BCUT2D eigenvalue weighted by Gasteiger charge is 2.67. The van der Waals surface area contributed by atoms with Gasteiger partial charge in [0, 0.05) is 0 Å². The summed E-state index contributed by atoms with van der Waals surface area (Å²) in [5, 5.41) is 13.4. The van der Waals surface area contributed by atoms with Crippen LogP contribution in [-0.4, -0.2) is 73.6 Å². The number of benzene rings is 1. The first-order chi connectivity index (χ1) is 21.9. The fourth-order valence-corrected chi connectivity index (χ4v) is 6.75. The van der Waals surface area contributed by atoms with Crippen molar-refractivity contribution in [3.63, 3.8) is 0 Å². The standard InChI is InChI=1S/C29H35F2N6O8P/c1-4-28(30)25(39)29(31,44-26(28)37-17-33-21-22(37)34-27(32)35-23(21)41-5-2)16-42-46(40,45-20-14-10-7-11-15-20)36-18(3)24(38)43-19-12-8-6-9-13-19/h1,7,10-11,14-15,17-19,25-26,39H,5-6,8-9,12-13,16H2,2-3H3,(H,36,40)(H2,32,34,35)/t18?,25-,26?,28+,29+,46-/m0/s1. The summed E-state index contributed by atoms with van der Waals surface area (Å²) in [6.07, 6.45) is 5.76. The second kappa shape index (κ2) is 13.5. The van der Waals surface area contributed by atoms with Gasteiger partial charge >= 0.3 is 13.7 Å². The van der Waals surface area contributed by atoms with Gasteiger partial charge in [0.05, 0.1) is 12.9 Å². The van der Waals surface area contributed by atoms with Gasteiger partial charge in [-0.2, -0.15) is 15.1 Å². The first-order valence-corrected chi connectivity index (χ1v) is 16.3. The summed E-state index contributed by atoms with van der Waals surface area (Å²) in [6, 6.07) is 6.50. The van der Waals surface area contributed by atoms with Crippen LogP contribution in [0.4, 0.5) is 14.7 Å². The molecule has 0 radical (unpaired) electrons. The van der Waals surface area contributed by atoms with E-state index in [-0.39, 0.29) is 41.5 Å². The maximum atomic E-state index is 16.4. The molecule has 0 bridgehead atoms. The third kappa shape index (κ3) is 6.79. The van der Waals surface area contributed by atoms with E-state index in [1.54, 1.807) is 31.0 Å². The molecular weight excluding hydrogens is 629 g/mol. The number of ether oxygens (including phenoxy) is 3. The first-order valence-electron chi connectivity index (χ1n) is 14.7. The number of anilines is 1. The van der Waals surface area contributed by atoms with Gasteiger partial charge in [0.2, 0.25) is 17.5 Å². The van der Waals surface area contributed by atoms with Gasteiger partial charge in [-0.15, -0.1) is 6.42 Å². The molecule has 0 amide bonds. The van der Waals surface area contributed by atoms with Gasteiger partial charge in [0.15, 0.2) is 23.5 Å². The van der Waals surface area contributed by atoms with Crippen LogP contribution in [0.15, 0.2) is 36.7 Å². The maximum Gasteiger partial charge on any atom is 0.459 e. The quantitative estimate of drug-likeness (QED) is 0.145. The van der Waals surface area contributed by atoms with Crippen LogP contribution < -0.4 is 20.1 Å². The molecule has 248 valence electrons. The zero-order valence-corrected chi connectivity index (χ0v) is 26.1. The average Bonchev–Trinajstić information content (AvgIpc) is 3.54. The molecule has 4 N–H and O–H groups in total. The Balaban J connectivity index is 1.39. The van der Waals surface area contributed by atoms with E-state index in [2.05, 4.69) is 20.0 Å². The lowest BCUT2D eigenvalue weighted by Gasteiger charge is -2.28. The number of aliphatic hydroxyl groups is 1. The number of nitrogen functional groups attached to an aromatic ring is 1. The van der Waals surface area contributed by atoms with Crippen molar-refractivity contribution in [2.45, 2.75) is 82.0 Å². The van der Waals surface area contributed by atoms with Crippen molar-refractivity contribution in [2.24, 2.45) is 0 Å². The third-order valence-electron chi connectivity index (χ3n) is 7.58. The lowest BCUT2D eigenvalue weighted by Crippen LogP contribution is -2.48. The van der Waals surface area contributed by atoms with Gasteiger partial charge in [-0.1, -0.05) is 30.5 Å². The minimum absolute atomic E-state index is 0.0245. The Hall–Kier alpha value is -3.87. The number of para-hydroxylation sites is 1. The summed E-state index contributed by atoms with van der Waals surface area (Å²) < 4.78 is 75.0. The molecule has 17 heteroatoms. The largest absolute Gasteiger partial charge is 0.476 e. The molecule has 1 aliphatic heterocycles. The van der Waals surface area contributed by atoms with Crippen molar-refractivity contribution in [2.75, 3.05) is 18.9 Å². The van der Waals surface area contributed by atoms with Crippen molar-refractivity contribution in [3.8, 4) is 24.0 Å².